The van der Waals surface area contributed by atoms with Crippen LogP contribution in [0.4, 0.5) is 24.5 Å². The summed E-state index contributed by atoms with van der Waals surface area (Å²) in [5.41, 5.74) is -1.94. The molecule has 2 aromatic rings. The van der Waals surface area contributed by atoms with E-state index < -0.39 is 39.7 Å². The molecule has 0 fully saturated rings. The fraction of sp³-hybridized carbons (Fsp3) is 0.200. The van der Waals surface area contributed by atoms with Gasteiger partial charge in [0.2, 0.25) is 5.91 Å². The van der Waals surface area contributed by atoms with Crippen molar-refractivity contribution >= 4 is 28.9 Å². The zero-order chi connectivity index (χ0) is 19.6. The number of nitro groups is 1. The molecule has 138 valence electrons. The molecule has 0 aliphatic rings. The van der Waals surface area contributed by atoms with Crippen molar-refractivity contribution < 1.29 is 22.9 Å². The summed E-state index contributed by atoms with van der Waals surface area (Å²) in [6, 6.07) is 4.37. The first-order chi connectivity index (χ1) is 12.0. The molecular formula is C15H11ClF3N3O4. The van der Waals surface area contributed by atoms with E-state index in [1.165, 1.54) is 19.1 Å². The van der Waals surface area contributed by atoms with Crippen LogP contribution in [0.15, 0.2) is 35.3 Å². The second-order valence-corrected chi connectivity index (χ2v) is 5.72. The number of halogens is 4. The number of amides is 1. The van der Waals surface area contributed by atoms with Gasteiger partial charge in [-0.15, -0.1) is 0 Å². The molecule has 0 atom stereocenters. The monoisotopic (exact) mass is 389 g/mol. The van der Waals surface area contributed by atoms with E-state index in [1.807, 2.05) is 0 Å². The first-order valence-corrected chi connectivity index (χ1v) is 7.39. The maximum Gasteiger partial charge on any atom is 0.417 e. The number of alkyl halides is 3. The smallest absolute Gasteiger partial charge is 0.324 e. The standard InChI is InChI=1S/C15H11ClF3N3O4/c1-8-2-3-10(5-12(8)22(25)26)20-13(23)7-21-6-9(15(17,18)19)4-11(16)14(21)24/h2-6H,7H2,1H3,(H,20,23). The Kier molecular flexibility index (Phi) is 5.36. The molecule has 0 unspecified atom stereocenters. The highest BCUT2D eigenvalue weighted by molar-refractivity contribution is 6.30. The number of nitro benzene ring substituents is 1. The van der Waals surface area contributed by atoms with Crippen molar-refractivity contribution in [3.05, 3.63) is 67.1 Å². The van der Waals surface area contributed by atoms with E-state index in [-0.39, 0.29) is 11.4 Å². The van der Waals surface area contributed by atoms with Gasteiger partial charge >= 0.3 is 6.18 Å². The average molecular weight is 390 g/mol. The Balaban J connectivity index is 2.26. The lowest BCUT2D eigenvalue weighted by Crippen LogP contribution is -2.29. The molecule has 1 amide bonds. The van der Waals surface area contributed by atoms with Gasteiger partial charge < -0.3 is 9.88 Å². The van der Waals surface area contributed by atoms with E-state index in [2.05, 4.69) is 5.32 Å². The van der Waals surface area contributed by atoms with Crippen molar-refractivity contribution in [1.29, 1.82) is 0 Å². The topological polar surface area (TPSA) is 94.2 Å². The number of aromatic nitrogens is 1. The second-order valence-electron chi connectivity index (χ2n) is 5.31. The van der Waals surface area contributed by atoms with E-state index in [4.69, 9.17) is 11.6 Å². The van der Waals surface area contributed by atoms with Crippen LogP contribution in [-0.4, -0.2) is 15.4 Å². The lowest BCUT2D eigenvalue weighted by molar-refractivity contribution is -0.385. The molecule has 0 spiro atoms. The number of carbonyl (C=O) groups is 1. The van der Waals surface area contributed by atoms with Crippen molar-refractivity contribution in [2.75, 3.05) is 5.32 Å². The van der Waals surface area contributed by atoms with Crippen LogP contribution in [0.3, 0.4) is 0 Å². The molecule has 1 aromatic carbocycles. The van der Waals surface area contributed by atoms with Crippen molar-refractivity contribution in [3.63, 3.8) is 0 Å². The molecule has 2 rings (SSSR count). The van der Waals surface area contributed by atoms with Gasteiger partial charge in [0.05, 0.1) is 10.5 Å². The fourth-order valence-electron chi connectivity index (χ4n) is 2.11. The van der Waals surface area contributed by atoms with Gasteiger partial charge in [-0.3, -0.25) is 19.7 Å². The minimum absolute atomic E-state index is 0.0680. The van der Waals surface area contributed by atoms with Crippen LogP contribution in [0, 0.1) is 17.0 Å². The van der Waals surface area contributed by atoms with Crippen LogP contribution in [-0.2, 0) is 17.5 Å². The third kappa shape index (κ3) is 4.39. The molecule has 26 heavy (non-hydrogen) atoms. The van der Waals surface area contributed by atoms with E-state index in [9.17, 15) is 32.9 Å². The molecule has 1 heterocycles. The number of rotatable bonds is 4. The van der Waals surface area contributed by atoms with Gasteiger partial charge in [-0.1, -0.05) is 17.7 Å². The molecule has 0 aliphatic heterocycles. The van der Waals surface area contributed by atoms with E-state index >= 15 is 0 Å². The highest BCUT2D eigenvalue weighted by Crippen LogP contribution is 2.29. The van der Waals surface area contributed by atoms with E-state index in [0.717, 1.165) is 6.07 Å². The molecule has 0 radical (unpaired) electrons. The molecular weight excluding hydrogens is 379 g/mol. The minimum atomic E-state index is -4.74. The van der Waals surface area contributed by atoms with Crippen LogP contribution in [0.5, 0.6) is 0 Å². The van der Waals surface area contributed by atoms with Gasteiger partial charge in [0.15, 0.2) is 0 Å². The molecule has 0 saturated carbocycles. The number of aryl methyl sites for hydroxylation is 1. The third-order valence-corrected chi connectivity index (χ3v) is 3.64. The predicted molar refractivity (Wildman–Crippen MR) is 87.2 cm³/mol. The lowest BCUT2D eigenvalue weighted by atomic mass is 10.2. The summed E-state index contributed by atoms with van der Waals surface area (Å²) >= 11 is 5.50. The van der Waals surface area contributed by atoms with Crippen LogP contribution in [0.25, 0.3) is 0 Å². The summed E-state index contributed by atoms with van der Waals surface area (Å²) < 4.78 is 38.9. The number of hydrogen-bond donors (Lipinski definition) is 1. The van der Waals surface area contributed by atoms with Crippen LogP contribution in [0.2, 0.25) is 5.02 Å². The molecule has 7 nitrogen and oxygen atoms in total. The highest BCUT2D eigenvalue weighted by Gasteiger charge is 2.32. The number of nitrogens with one attached hydrogen (secondary N) is 1. The van der Waals surface area contributed by atoms with E-state index in [0.29, 0.717) is 22.4 Å². The van der Waals surface area contributed by atoms with Gasteiger partial charge in [-0.2, -0.15) is 13.2 Å². The van der Waals surface area contributed by atoms with Crippen molar-refractivity contribution in [1.82, 2.24) is 4.57 Å². The maximum absolute atomic E-state index is 12.8. The molecule has 0 bridgehead atoms. The summed E-state index contributed by atoms with van der Waals surface area (Å²) in [5, 5.41) is 12.5. The van der Waals surface area contributed by atoms with Crippen LogP contribution in [0.1, 0.15) is 11.1 Å². The van der Waals surface area contributed by atoms with Gasteiger partial charge in [0, 0.05) is 23.5 Å². The molecule has 1 N–H and O–H groups in total. The first-order valence-electron chi connectivity index (χ1n) is 7.01. The van der Waals surface area contributed by atoms with Crippen molar-refractivity contribution in [2.24, 2.45) is 0 Å². The van der Waals surface area contributed by atoms with Gasteiger partial charge in [-0.25, -0.2) is 0 Å². The minimum Gasteiger partial charge on any atom is -0.324 e. The van der Waals surface area contributed by atoms with Gasteiger partial charge in [0.25, 0.3) is 11.2 Å². The number of pyridine rings is 1. The zero-order valence-corrected chi connectivity index (χ0v) is 13.9. The van der Waals surface area contributed by atoms with Crippen LogP contribution < -0.4 is 10.9 Å². The zero-order valence-electron chi connectivity index (χ0n) is 13.1. The lowest BCUT2D eigenvalue weighted by Gasteiger charge is -2.12. The number of nitrogens with zero attached hydrogens (tertiary/aromatic N) is 2. The van der Waals surface area contributed by atoms with Crippen LogP contribution >= 0.6 is 11.6 Å². The number of hydrogen-bond acceptors (Lipinski definition) is 4. The summed E-state index contributed by atoms with van der Waals surface area (Å²) in [7, 11) is 0. The maximum atomic E-state index is 12.8. The second kappa shape index (κ2) is 7.16. The third-order valence-electron chi connectivity index (χ3n) is 3.37. The van der Waals surface area contributed by atoms with Crippen molar-refractivity contribution in [3.8, 4) is 0 Å². The first kappa shape index (κ1) is 19.4. The molecule has 0 saturated heterocycles. The largest absolute Gasteiger partial charge is 0.417 e. The molecule has 11 heteroatoms. The Bertz CT molecular complexity index is 941. The predicted octanol–water partition coefficient (Wildman–Crippen LogP) is 3.38. The molecule has 0 aliphatic carbocycles. The summed E-state index contributed by atoms with van der Waals surface area (Å²) in [6.45, 7) is 0.762. The average Bonchev–Trinajstić information content (AvgIpc) is 2.52. The summed E-state index contributed by atoms with van der Waals surface area (Å²) in [5.74, 6) is -0.847. The summed E-state index contributed by atoms with van der Waals surface area (Å²) in [4.78, 5) is 34.1. The van der Waals surface area contributed by atoms with Gasteiger partial charge in [-0.05, 0) is 19.1 Å². The number of carbonyl (C=O) groups excluding carboxylic acids is 1. The normalized spacial score (nSPS) is 11.3. The molecule has 1 aromatic heterocycles. The number of benzene rings is 1. The Labute approximate surface area is 149 Å². The Hall–Kier alpha value is -2.88. The Morgan fingerprint density at radius 1 is 1.35 bits per heavy atom. The van der Waals surface area contributed by atoms with Crippen molar-refractivity contribution in [2.45, 2.75) is 19.6 Å². The van der Waals surface area contributed by atoms with Gasteiger partial charge in [0.1, 0.15) is 11.6 Å². The Morgan fingerprint density at radius 3 is 2.58 bits per heavy atom. The van der Waals surface area contributed by atoms with E-state index in [1.54, 1.807) is 0 Å². The highest BCUT2D eigenvalue weighted by atomic mass is 35.5. The quantitative estimate of drug-likeness (QED) is 0.640. The number of anilines is 1. The Morgan fingerprint density at radius 2 is 2.00 bits per heavy atom. The summed E-state index contributed by atoms with van der Waals surface area (Å²) in [6.07, 6.45) is -4.27. The SMILES string of the molecule is Cc1ccc(NC(=O)Cn2cc(C(F)(F)F)cc(Cl)c2=O)cc1[N+](=O)[O-]. The fourth-order valence-corrected chi connectivity index (χ4v) is 2.34.